The van der Waals surface area contributed by atoms with Crippen LogP contribution < -0.4 is 0 Å². The Balaban J connectivity index is 1.29. The van der Waals surface area contributed by atoms with Crippen LogP contribution in [-0.2, 0) is 12.8 Å². The summed E-state index contributed by atoms with van der Waals surface area (Å²) in [6.07, 6.45) is 24.6. The fourth-order valence-corrected chi connectivity index (χ4v) is 8.15. The summed E-state index contributed by atoms with van der Waals surface area (Å²) in [6.45, 7) is 6.71. The van der Waals surface area contributed by atoms with Crippen molar-refractivity contribution >= 4 is 33.0 Å². The molecule has 8 rings (SSSR count). The number of nitrogens with zero attached hydrogens (tertiary/aromatic N) is 2. The maximum Gasteiger partial charge on any atom is 0.0974 e. The molecule has 224 valence electrons. The molecule has 0 saturated heterocycles. The summed E-state index contributed by atoms with van der Waals surface area (Å²) < 4.78 is 0. The molecule has 3 atom stereocenters. The van der Waals surface area contributed by atoms with Gasteiger partial charge in [0.25, 0.3) is 0 Å². The van der Waals surface area contributed by atoms with Crippen molar-refractivity contribution in [2.75, 3.05) is 0 Å². The lowest BCUT2D eigenvalue weighted by Gasteiger charge is -2.40. The number of allylic oxidation sites excluding steroid dienone is 12. The van der Waals surface area contributed by atoms with E-state index in [1.165, 1.54) is 56.4 Å². The summed E-state index contributed by atoms with van der Waals surface area (Å²) >= 11 is 0. The number of benzene rings is 2. The van der Waals surface area contributed by atoms with Gasteiger partial charge in [0, 0.05) is 28.1 Å². The summed E-state index contributed by atoms with van der Waals surface area (Å²) in [4.78, 5) is 10.2. The van der Waals surface area contributed by atoms with Crippen LogP contribution in [0.5, 0.6) is 0 Å². The van der Waals surface area contributed by atoms with Crippen LogP contribution >= 0.6 is 0 Å². The van der Waals surface area contributed by atoms with E-state index < -0.39 is 0 Å². The smallest absolute Gasteiger partial charge is 0.0974 e. The van der Waals surface area contributed by atoms with E-state index in [4.69, 9.17) is 9.97 Å². The molecule has 2 aromatic heterocycles. The van der Waals surface area contributed by atoms with E-state index in [9.17, 15) is 0 Å². The topological polar surface area (TPSA) is 25.8 Å². The molecule has 0 bridgehead atoms. The van der Waals surface area contributed by atoms with Gasteiger partial charge in [-0.1, -0.05) is 106 Å². The zero-order valence-electron chi connectivity index (χ0n) is 26.8. The summed E-state index contributed by atoms with van der Waals surface area (Å²) in [5, 5.41) is 2.38. The highest BCUT2D eigenvalue weighted by Crippen LogP contribution is 2.53. The molecule has 0 aliphatic heterocycles. The third kappa shape index (κ3) is 4.86. The average molecular weight is 587 g/mol. The summed E-state index contributed by atoms with van der Waals surface area (Å²) in [6, 6.07) is 20.5. The molecule has 0 spiro atoms. The third-order valence-corrected chi connectivity index (χ3v) is 10.5. The Kier molecular flexibility index (Phi) is 7.25. The molecule has 2 nitrogen and oxygen atoms in total. The lowest BCUT2D eigenvalue weighted by atomic mass is 9.63. The molecule has 0 saturated carbocycles. The maximum absolute atomic E-state index is 5.17. The van der Waals surface area contributed by atoms with Crippen molar-refractivity contribution in [1.82, 2.24) is 9.97 Å². The fraction of sp³-hybridized carbons (Fsp3) is 0.302. The maximum atomic E-state index is 5.17. The fourth-order valence-electron chi connectivity index (χ4n) is 8.15. The van der Waals surface area contributed by atoms with Crippen molar-refractivity contribution < 1.29 is 0 Å². The van der Waals surface area contributed by atoms with Crippen molar-refractivity contribution in [3.8, 4) is 0 Å². The highest BCUT2D eigenvalue weighted by Gasteiger charge is 2.37. The molecule has 2 aromatic carbocycles. The van der Waals surface area contributed by atoms with Gasteiger partial charge in [0.15, 0.2) is 0 Å². The molecule has 0 fully saturated rings. The van der Waals surface area contributed by atoms with Crippen molar-refractivity contribution in [3.63, 3.8) is 0 Å². The van der Waals surface area contributed by atoms with Crippen LogP contribution in [0.1, 0.15) is 86.9 Å². The van der Waals surface area contributed by atoms with Gasteiger partial charge in [-0.3, -0.25) is 9.97 Å². The predicted molar refractivity (Wildman–Crippen MR) is 190 cm³/mol. The van der Waals surface area contributed by atoms with Gasteiger partial charge >= 0.3 is 0 Å². The average Bonchev–Trinajstić information content (AvgIpc) is 3.10. The van der Waals surface area contributed by atoms with Crippen molar-refractivity contribution in [2.24, 2.45) is 11.8 Å². The van der Waals surface area contributed by atoms with E-state index in [2.05, 4.69) is 118 Å². The molecule has 4 aliphatic rings. The first-order valence-electron chi connectivity index (χ1n) is 17.1. The lowest BCUT2D eigenvalue weighted by molar-refractivity contribution is 0.491. The van der Waals surface area contributed by atoms with Crippen LogP contribution in [0.25, 0.3) is 33.0 Å². The molecule has 0 N–H and O–H groups in total. The van der Waals surface area contributed by atoms with Crippen molar-refractivity contribution in [1.29, 1.82) is 0 Å². The van der Waals surface area contributed by atoms with Crippen molar-refractivity contribution in [3.05, 3.63) is 142 Å². The second-order valence-electron chi connectivity index (χ2n) is 13.3. The molecular weight excluding hydrogens is 544 g/mol. The van der Waals surface area contributed by atoms with E-state index in [-0.39, 0.29) is 0 Å². The van der Waals surface area contributed by atoms with Crippen LogP contribution in [0.4, 0.5) is 0 Å². The number of aromatic nitrogens is 2. The SMILES string of the molecule is CCc1ccc2ccc3c(C4=CC(C5=C6C=CCC[C@@H]6[C@@H](C6=CC[C@@H](C)C=C6)c6ccccc65)=CCC4)cc(CC)nc3c2n1. The Morgan fingerprint density at radius 1 is 0.822 bits per heavy atom. The van der Waals surface area contributed by atoms with Gasteiger partial charge in [-0.2, -0.15) is 0 Å². The number of fused-ring (bicyclic) bond motifs is 5. The molecule has 2 heteroatoms. The molecule has 45 heavy (non-hydrogen) atoms. The highest BCUT2D eigenvalue weighted by atomic mass is 14.8. The number of hydrogen-bond donors (Lipinski definition) is 0. The Morgan fingerprint density at radius 3 is 2.51 bits per heavy atom. The minimum atomic E-state index is 0.423. The summed E-state index contributed by atoms with van der Waals surface area (Å²) in [5.41, 5.74) is 15.8. The Bertz CT molecular complexity index is 2030. The first-order chi connectivity index (χ1) is 22.1. The van der Waals surface area contributed by atoms with Crippen LogP contribution in [0, 0.1) is 11.8 Å². The number of hydrogen-bond acceptors (Lipinski definition) is 2. The first kappa shape index (κ1) is 28.2. The largest absolute Gasteiger partial charge is 0.251 e. The van der Waals surface area contributed by atoms with Gasteiger partial charge in [0.1, 0.15) is 0 Å². The molecule has 0 amide bonds. The molecular formula is C43H42N2. The Hall–Kier alpha value is -4.30. The second-order valence-corrected chi connectivity index (χ2v) is 13.3. The van der Waals surface area contributed by atoms with Gasteiger partial charge in [-0.05, 0) is 113 Å². The van der Waals surface area contributed by atoms with E-state index in [1.807, 2.05) is 0 Å². The quantitative estimate of drug-likeness (QED) is 0.217. The van der Waals surface area contributed by atoms with E-state index >= 15 is 0 Å². The zero-order valence-corrected chi connectivity index (χ0v) is 26.8. The van der Waals surface area contributed by atoms with Gasteiger partial charge in [-0.15, -0.1) is 0 Å². The Labute approximate surface area is 267 Å². The molecule has 4 aromatic rings. The van der Waals surface area contributed by atoms with E-state index in [0.717, 1.165) is 66.3 Å². The van der Waals surface area contributed by atoms with Crippen molar-refractivity contribution in [2.45, 2.75) is 71.6 Å². The molecule has 0 unspecified atom stereocenters. The minimum absolute atomic E-state index is 0.423. The predicted octanol–water partition coefficient (Wildman–Crippen LogP) is 11.1. The Morgan fingerprint density at radius 2 is 1.67 bits per heavy atom. The van der Waals surface area contributed by atoms with E-state index in [0.29, 0.717) is 17.8 Å². The van der Waals surface area contributed by atoms with Crippen LogP contribution in [-0.4, -0.2) is 9.97 Å². The molecule has 0 radical (unpaired) electrons. The van der Waals surface area contributed by atoms with Gasteiger partial charge in [0.05, 0.1) is 11.0 Å². The first-order valence-corrected chi connectivity index (χ1v) is 17.1. The zero-order chi connectivity index (χ0) is 30.5. The normalized spacial score (nSPS) is 22.6. The van der Waals surface area contributed by atoms with Crippen LogP contribution in [0.3, 0.4) is 0 Å². The molecule has 2 heterocycles. The lowest BCUT2D eigenvalue weighted by Crippen LogP contribution is -2.25. The summed E-state index contributed by atoms with van der Waals surface area (Å²) in [5.74, 6) is 1.55. The number of pyridine rings is 2. The van der Waals surface area contributed by atoms with Crippen LogP contribution in [0.2, 0.25) is 0 Å². The highest BCUT2D eigenvalue weighted by molar-refractivity contribution is 6.07. The van der Waals surface area contributed by atoms with Gasteiger partial charge in [0.2, 0.25) is 0 Å². The van der Waals surface area contributed by atoms with Gasteiger partial charge < -0.3 is 0 Å². The molecule has 4 aliphatic carbocycles. The standard InChI is InChI=1S/C43H42N2/c1-4-32-23-21-29-22-24-38-39(26-33(5-2)45-43(38)42(29)44-32)30-11-10-12-31(25-30)41-36-15-8-6-13-34(36)40(28-19-17-27(3)18-20-28)35-14-7-9-16-37(35)41/h6,8-9,12-13,15-17,19-27,35,40H,4-5,7,10-11,14,18H2,1-3H3/t27-,35-,40-/m0/s1. The van der Waals surface area contributed by atoms with Gasteiger partial charge in [-0.25, -0.2) is 0 Å². The summed E-state index contributed by atoms with van der Waals surface area (Å²) in [7, 11) is 0. The number of rotatable bonds is 5. The van der Waals surface area contributed by atoms with Crippen LogP contribution in [0.15, 0.2) is 114 Å². The third-order valence-electron chi connectivity index (χ3n) is 10.5. The minimum Gasteiger partial charge on any atom is -0.251 e. The second kappa shape index (κ2) is 11.6. The monoisotopic (exact) mass is 586 g/mol. The number of aryl methyl sites for hydroxylation is 2. The van der Waals surface area contributed by atoms with E-state index in [1.54, 1.807) is 0 Å².